The first-order chi connectivity index (χ1) is 12.3. The molecule has 3 aromatic heterocycles. The van der Waals surface area contributed by atoms with Gasteiger partial charge in [0.2, 0.25) is 5.91 Å². The number of hydrogen-bond donors (Lipinski definition) is 2. The molecule has 26 heavy (non-hydrogen) atoms. The summed E-state index contributed by atoms with van der Waals surface area (Å²) in [5.74, 6) is -0.818. The summed E-state index contributed by atoms with van der Waals surface area (Å²) in [6, 6.07) is 3.18. The van der Waals surface area contributed by atoms with E-state index in [9.17, 15) is 14.4 Å². The molecule has 9 nitrogen and oxygen atoms in total. The van der Waals surface area contributed by atoms with Gasteiger partial charge in [0.25, 0.3) is 11.8 Å². The maximum atomic E-state index is 12.5. The Hall–Kier alpha value is -3.62. The molecule has 3 rings (SSSR count). The van der Waals surface area contributed by atoms with Gasteiger partial charge in [0, 0.05) is 45.8 Å². The minimum absolute atomic E-state index is 0.215. The number of rotatable bonds is 4. The predicted molar refractivity (Wildman–Crippen MR) is 95.0 cm³/mol. The highest BCUT2D eigenvalue weighted by atomic mass is 16.2. The number of carbonyl (C=O) groups excluding carboxylic acids is 3. The van der Waals surface area contributed by atoms with Crippen LogP contribution in [0.2, 0.25) is 0 Å². The summed E-state index contributed by atoms with van der Waals surface area (Å²) in [5, 5.41) is 5.39. The fourth-order valence-corrected chi connectivity index (χ4v) is 2.61. The van der Waals surface area contributed by atoms with Crippen molar-refractivity contribution in [2.75, 3.05) is 10.6 Å². The molecule has 0 atom stereocenters. The number of imidazole rings is 1. The summed E-state index contributed by atoms with van der Waals surface area (Å²) in [6.45, 7) is 1.40. The molecule has 134 valence electrons. The lowest BCUT2D eigenvalue weighted by molar-refractivity contribution is -0.114. The molecule has 3 heterocycles. The van der Waals surface area contributed by atoms with Gasteiger partial charge in [0.15, 0.2) is 0 Å². The van der Waals surface area contributed by atoms with Gasteiger partial charge < -0.3 is 19.8 Å². The second kappa shape index (κ2) is 6.71. The van der Waals surface area contributed by atoms with Gasteiger partial charge in [0.1, 0.15) is 17.7 Å². The summed E-state index contributed by atoms with van der Waals surface area (Å²) >= 11 is 0. The fraction of sp³-hybridized carbons (Fsp3) is 0.176. The molecule has 0 unspecified atom stereocenters. The number of hydrogen-bond acceptors (Lipinski definition) is 4. The molecule has 0 bridgehead atoms. The molecule has 2 amide bonds. The summed E-state index contributed by atoms with van der Waals surface area (Å²) in [7, 11) is 3.43. The number of amides is 2. The first-order valence-corrected chi connectivity index (χ1v) is 7.79. The van der Waals surface area contributed by atoms with E-state index in [2.05, 4.69) is 15.6 Å². The Morgan fingerprint density at radius 1 is 0.962 bits per heavy atom. The zero-order valence-electron chi connectivity index (χ0n) is 14.6. The van der Waals surface area contributed by atoms with Gasteiger partial charge in [-0.3, -0.25) is 19.0 Å². The molecule has 0 spiro atoms. The Morgan fingerprint density at radius 2 is 1.58 bits per heavy atom. The van der Waals surface area contributed by atoms with Crippen molar-refractivity contribution in [3.8, 4) is 0 Å². The summed E-state index contributed by atoms with van der Waals surface area (Å²) in [4.78, 5) is 39.9. The average Bonchev–Trinajstić information content (AvgIpc) is 3.27. The number of anilines is 2. The lowest BCUT2D eigenvalue weighted by Gasteiger charge is -2.03. The topological polar surface area (TPSA) is 103 Å². The number of aromatic nitrogens is 4. The highest BCUT2D eigenvalue weighted by Gasteiger charge is 2.17. The van der Waals surface area contributed by atoms with Crippen LogP contribution in [-0.4, -0.2) is 36.4 Å². The van der Waals surface area contributed by atoms with E-state index in [1.54, 1.807) is 54.0 Å². The van der Waals surface area contributed by atoms with Crippen LogP contribution in [0.3, 0.4) is 0 Å². The van der Waals surface area contributed by atoms with Crippen LogP contribution < -0.4 is 10.6 Å². The van der Waals surface area contributed by atoms with Crippen molar-refractivity contribution in [2.24, 2.45) is 14.1 Å². The SMILES string of the molecule is CC(=O)Nc1cc(C(=O)Nc2cc(C(=O)n3ccnc3)n(C)c2)n(C)c1. The van der Waals surface area contributed by atoms with E-state index in [1.807, 2.05) is 0 Å². The molecule has 0 aliphatic rings. The Balaban J connectivity index is 1.78. The van der Waals surface area contributed by atoms with Crippen molar-refractivity contribution in [2.45, 2.75) is 6.92 Å². The van der Waals surface area contributed by atoms with Gasteiger partial charge in [-0.2, -0.15) is 0 Å². The molecule has 9 heteroatoms. The van der Waals surface area contributed by atoms with Gasteiger partial charge in [-0.25, -0.2) is 4.98 Å². The second-order valence-corrected chi connectivity index (χ2v) is 5.86. The molecule has 0 aliphatic carbocycles. The first-order valence-electron chi connectivity index (χ1n) is 7.79. The van der Waals surface area contributed by atoms with Crippen LogP contribution in [0.4, 0.5) is 11.4 Å². The maximum absolute atomic E-state index is 12.5. The Morgan fingerprint density at radius 3 is 2.19 bits per heavy atom. The molecule has 2 N–H and O–H groups in total. The number of nitrogens with zero attached hydrogens (tertiary/aromatic N) is 4. The van der Waals surface area contributed by atoms with Gasteiger partial charge in [-0.05, 0) is 12.1 Å². The molecular weight excluding hydrogens is 336 g/mol. The third-order valence-electron chi connectivity index (χ3n) is 3.78. The summed E-state index contributed by atoms with van der Waals surface area (Å²) in [6.07, 6.45) is 7.79. The third kappa shape index (κ3) is 3.41. The van der Waals surface area contributed by atoms with Crippen LogP contribution in [0.1, 0.15) is 27.9 Å². The molecule has 0 aromatic carbocycles. The van der Waals surface area contributed by atoms with Crippen LogP contribution in [0.25, 0.3) is 0 Å². The van der Waals surface area contributed by atoms with Gasteiger partial charge in [-0.15, -0.1) is 0 Å². The number of carbonyl (C=O) groups is 3. The van der Waals surface area contributed by atoms with Crippen LogP contribution >= 0.6 is 0 Å². The van der Waals surface area contributed by atoms with Crippen LogP contribution in [-0.2, 0) is 18.9 Å². The Kier molecular flexibility index (Phi) is 4.44. The minimum Gasteiger partial charge on any atom is -0.344 e. The third-order valence-corrected chi connectivity index (χ3v) is 3.78. The van der Waals surface area contributed by atoms with E-state index in [4.69, 9.17) is 0 Å². The Bertz CT molecular complexity index is 980. The number of aryl methyl sites for hydroxylation is 2. The van der Waals surface area contributed by atoms with E-state index in [0.29, 0.717) is 22.8 Å². The van der Waals surface area contributed by atoms with Crippen LogP contribution in [0.5, 0.6) is 0 Å². The van der Waals surface area contributed by atoms with Crippen molar-refractivity contribution in [3.63, 3.8) is 0 Å². The van der Waals surface area contributed by atoms with Crippen molar-refractivity contribution < 1.29 is 14.4 Å². The lowest BCUT2D eigenvalue weighted by atomic mass is 10.3. The van der Waals surface area contributed by atoms with Gasteiger partial charge >= 0.3 is 0 Å². The maximum Gasteiger partial charge on any atom is 0.279 e. The quantitative estimate of drug-likeness (QED) is 0.740. The highest BCUT2D eigenvalue weighted by Crippen LogP contribution is 2.18. The predicted octanol–water partition coefficient (Wildman–Crippen LogP) is 1.46. The molecule has 0 saturated carbocycles. The molecule has 0 radical (unpaired) electrons. The zero-order chi connectivity index (χ0) is 18.8. The average molecular weight is 354 g/mol. The molecular formula is C17H18N6O3. The monoisotopic (exact) mass is 354 g/mol. The number of nitrogens with one attached hydrogen (secondary N) is 2. The van der Waals surface area contributed by atoms with Crippen molar-refractivity contribution >= 4 is 29.1 Å². The molecule has 0 aliphatic heterocycles. The van der Waals surface area contributed by atoms with Gasteiger partial charge in [-0.1, -0.05) is 0 Å². The summed E-state index contributed by atoms with van der Waals surface area (Å²) < 4.78 is 4.60. The fourth-order valence-electron chi connectivity index (χ4n) is 2.61. The first kappa shape index (κ1) is 17.2. The van der Waals surface area contributed by atoms with E-state index in [0.717, 1.165) is 0 Å². The molecule has 3 aromatic rings. The second-order valence-electron chi connectivity index (χ2n) is 5.86. The van der Waals surface area contributed by atoms with E-state index in [-0.39, 0.29) is 17.7 Å². The normalized spacial score (nSPS) is 10.6. The lowest BCUT2D eigenvalue weighted by Crippen LogP contribution is -2.15. The smallest absolute Gasteiger partial charge is 0.279 e. The minimum atomic E-state index is -0.351. The Labute approximate surface area is 149 Å². The van der Waals surface area contributed by atoms with Crippen molar-refractivity contribution in [1.82, 2.24) is 18.7 Å². The highest BCUT2D eigenvalue weighted by molar-refractivity contribution is 6.05. The van der Waals surface area contributed by atoms with Crippen molar-refractivity contribution in [3.05, 3.63) is 54.6 Å². The van der Waals surface area contributed by atoms with E-state index < -0.39 is 0 Å². The van der Waals surface area contributed by atoms with Crippen molar-refractivity contribution in [1.29, 1.82) is 0 Å². The zero-order valence-corrected chi connectivity index (χ0v) is 14.6. The summed E-state index contributed by atoms with van der Waals surface area (Å²) in [5.41, 5.74) is 1.81. The van der Waals surface area contributed by atoms with Crippen LogP contribution in [0, 0.1) is 0 Å². The standard InChI is InChI=1S/C17H18N6O3/c1-11(24)19-12-6-14(21(2)8-12)16(25)20-13-7-15(22(3)9-13)17(26)23-5-4-18-10-23/h4-10H,1-3H3,(H,19,24)(H,20,25). The molecule has 0 saturated heterocycles. The van der Waals surface area contributed by atoms with E-state index >= 15 is 0 Å². The van der Waals surface area contributed by atoms with Gasteiger partial charge in [0.05, 0.1) is 11.4 Å². The van der Waals surface area contributed by atoms with E-state index in [1.165, 1.54) is 24.0 Å². The largest absolute Gasteiger partial charge is 0.344 e. The molecule has 0 fully saturated rings. The van der Waals surface area contributed by atoms with Crippen LogP contribution in [0.15, 0.2) is 43.2 Å².